The van der Waals surface area contributed by atoms with Crippen LogP contribution in [-0.4, -0.2) is 21.1 Å². The van der Waals surface area contributed by atoms with Crippen molar-refractivity contribution in [3.8, 4) is 0 Å². The van der Waals surface area contributed by atoms with Crippen molar-refractivity contribution in [2.24, 2.45) is 0 Å². The van der Waals surface area contributed by atoms with Crippen LogP contribution in [0.1, 0.15) is 12.0 Å². The van der Waals surface area contributed by atoms with Gasteiger partial charge in [-0.2, -0.15) is 4.98 Å². The summed E-state index contributed by atoms with van der Waals surface area (Å²) < 4.78 is 14.5. The minimum Gasteiger partial charge on any atom is -0.353 e. The van der Waals surface area contributed by atoms with E-state index in [1.165, 1.54) is 22.3 Å². The number of halogens is 1. The van der Waals surface area contributed by atoms with Crippen molar-refractivity contribution in [3.05, 3.63) is 60.0 Å². The third-order valence-electron chi connectivity index (χ3n) is 3.06. The average Bonchev–Trinajstić information content (AvgIpc) is 2.86. The smallest absolute Gasteiger partial charge is 0.243 e. The van der Waals surface area contributed by atoms with Crippen molar-refractivity contribution >= 4 is 11.6 Å². The number of aromatic nitrogens is 3. The number of nitrogens with zero attached hydrogens (tertiary/aromatic N) is 3. The van der Waals surface area contributed by atoms with E-state index >= 15 is 0 Å². The summed E-state index contributed by atoms with van der Waals surface area (Å²) in [6.45, 7) is 0.786. The van der Waals surface area contributed by atoms with E-state index in [2.05, 4.69) is 27.5 Å². The van der Waals surface area contributed by atoms with Gasteiger partial charge in [-0.1, -0.05) is 30.3 Å². The lowest BCUT2D eigenvalue weighted by atomic mass is 10.1. The standard InChI is InChI=1S/C15H15FN4/c16-13-8-9-14-18-15(19-20(14)11-13)17-10-4-7-12-5-2-1-3-6-12/h1-3,5-6,8-9,11H,4,7,10H2,(H,17,19). The molecule has 3 aromatic rings. The molecule has 5 heteroatoms. The Balaban J connectivity index is 1.55. The third-order valence-corrected chi connectivity index (χ3v) is 3.06. The lowest BCUT2D eigenvalue weighted by Gasteiger charge is -2.02. The second kappa shape index (κ2) is 5.69. The van der Waals surface area contributed by atoms with Gasteiger partial charge in [0.05, 0.1) is 6.20 Å². The largest absolute Gasteiger partial charge is 0.353 e. The fraction of sp³-hybridized carbons (Fsp3) is 0.200. The fourth-order valence-electron chi connectivity index (χ4n) is 2.07. The van der Waals surface area contributed by atoms with Crippen LogP contribution in [0.2, 0.25) is 0 Å². The molecular weight excluding hydrogens is 255 g/mol. The number of rotatable bonds is 5. The van der Waals surface area contributed by atoms with Crippen LogP contribution in [0.4, 0.5) is 10.3 Å². The molecule has 4 nitrogen and oxygen atoms in total. The predicted molar refractivity (Wildman–Crippen MR) is 76.2 cm³/mol. The molecule has 2 heterocycles. The molecule has 0 saturated carbocycles. The van der Waals surface area contributed by atoms with Gasteiger partial charge in [0.2, 0.25) is 5.95 Å². The molecule has 0 radical (unpaired) electrons. The lowest BCUT2D eigenvalue weighted by molar-refractivity contribution is 0.615. The van der Waals surface area contributed by atoms with Crippen LogP contribution in [0.25, 0.3) is 5.65 Å². The highest BCUT2D eigenvalue weighted by atomic mass is 19.1. The molecule has 0 bridgehead atoms. The normalized spacial score (nSPS) is 10.8. The Morgan fingerprint density at radius 1 is 1.10 bits per heavy atom. The molecule has 0 unspecified atom stereocenters. The number of pyridine rings is 1. The van der Waals surface area contributed by atoms with Crippen LogP contribution in [0.15, 0.2) is 48.7 Å². The summed E-state index contributed by atoms with van der Waals surface area (Å²) in [6, 6.07) is 13.3. The molecule has 3 rings (SSSR count). The van der Waals surface area contributed by atoms with Crippen molar-refractivity contribution in [1.82, 2.24) is 14.6 Å². The van der Waals surface area contributed by atoms with Crippen molar-refractivity contribution < 1.29 is 4.39 Å². The first kappa shape index (κ1) is 12.6. The van der Waals surface area contributed by atoms with E-state index in [4.69, 9.17) is 0 Å². The topological polar surface area (TPSA) is 42.2 Å². The molecule has 0 fully saturated rings. The number of anilines is 1. The van der Waals surface area contributed by atoms with Crippen molar-refractivity contribution in [2.45, 2.75) is 12.8 Å². The molecule has 20 heavy (non-hydrogen) atoms. The Morgan fingerprint density at radius 3 is 2.80 bits per heavy atom. The van der Waals surface area contributed by atoms with Gasteiger partial charge in [0.1, 0.15) is 5.82 Å². The Morgan fingerprint density at radius 2 is 1.95 bits per heavy atom. The van der Waals surface area contributed by atoms with Gasteiger partial charge < -0.3 is 5.32 Å². The van der Waals surface area contributed by atoms with Crippen LogP contribution in [0.3, 0.4) is 0 Å². The molecular formula is C15H15FN4. The molecule has 0 saturated heterocycles. The van der Waals surface area contributed by atoms with Crippen LogP contribution in [-0.2, 0) is 6.42 Å². The number of benzene rings is 1. The minimum absolute atomic E-state index is 0.321. The van der Waals surface area contributed by atoms with Gasteiger partial charge in [0, 0.05) is 6.54 Å². The molecule has 0 aliphatic heterocycles. The number of aryl methyl sites for hydroxylation is 1. The number of nitrogens with one attached hydrogen (secondary N) is 1. The van der Waals surface area contributed by atoms with Crippen molar-refractivity contribution in [3.63, 3.8) is 0 Å². The number of hydrogen-bond acceptors (Lipinski definition) is 3. The van der Waals surface area contributed by atoms with Crippen LogP contribution in [0, 0.1) is 5.82 Å². The molecule has 1 aromatic carbocycles. The highest BCUT2D eigenvalue weighted by molar-refractivity contribution is 5.42. The van der Waals surface area contributed by atoms with Crippen LogP contribution in [0.5, 0.6) is 0 Å². The van der Waals surface area contributed by atoms with Gasteiger partial charge >= 0.3 is 0 Å². The predicted octanol–water partition coefficient (Wildman–Crippen LogP) is 2.91. The van der Waals surface area contributed by atoms with Gasteiger partial charge in [-0.25, -0.2) is 8.91 Å². The maximum Gasteiger partial charge on any atom is 0.243 e. The highest BCUT2D eigenvalue weighted by Gasteiger charge is 2.03. The van der Waals surface area contributed by atoms with Gasteiger partial charge in [-0.05, 0) is 30.5 Å². The van der Waals surface area contributed by atoms with Gasteiger partial charge in [-0.15, -0.1) is 5.10 Å². The molecule has 0 atom stereocenters. The first-order chi connectivity index (χ1) is 9.81. The monoisotopic (exact) mass is 270 g/mol. The molecule has 2 aromatic heterocycles. The van der Waals surface area contributed by atoms with E-state index in [0.29, 0.717) is 11.6 Å². The van der Waals surface area contributed by atoms with E-state index in [1.807, 2.05) is 18.2 Å². The van der Waals surface area contributed by atoms with Gasteiger partial charge in [0.15, 0.2) is 5.65 Å². The number of fused-ring (bicyclic) bond motifs is 1. The summed E-state index contributed by atoms with van der Waals surface area (Å²) in [4.78, 5) is 4.27. The summed E-state index contributed by atoms with van der Waals surface area (Å²) in [7, 11) is 0. The zero-order valence-corrected chi connectivity index (χ0v) is 11.0. The van der Waals surface area contributed by atoms with E-state index in [-0.39, 0.29) is 5.82 Å². The first-order valence-corrected chi connectivity index (χ1v) is 6.61. The highest BCUT2D eigenvalue weighted by Crippen LogP contribution is 2.07. The Hall–Kier alpha value is -2.43. The second-order valence-electron chi connectivity index (χ2n) is 4.60. The van der Waals surface area contributed by atoms with Crippen molar-refractivity contribution in [2.75, 3.05) is 11.9 Å². The van der Waals surface area contributed by atoms with E-state index in [0.717, 1.165) is 19.4 Å². The quantitative estimate of drug-likeness (QED) is 0.725. The second-order valence-corrected chi connectivity index (χ2v) is 4.60. The van der Waals surface area contributed by atoms with E-state index < -0.39 is 0 Å². The third kappa shape index (κ3) is 2.93. The maximum absolute atomic E-state index is 13.0. The van der Waals surface area contributed by atoms with Crippen molar-refractivity contribution in [1.29, 1.82) is 0 Å². The molecule has 1 N–H and O–H groups in total. The van der Waals surface area contributed by atoms with Crippen LogP contribution < -0.4 is 5.32 Å². The van der Waals surface area contributed by atoms with E-state index in [9.17, 15) is 4.39 Å². The summed E-state index contributed by atoms with van der Waals surface area (Å²) in [6.07, 6.45) is 3.32. The molecule has 0 aliphatic rings. The van der Waals surface area contributed by atoms with Gasteiger partial charge in [0.25, 0.3) is 0 Å². The SMILES string of the molecule is Fc1ccc2nc(NCCCc3ccccc3)nn2c1. The molecule has 0 aliphatic carbocycles. The summed E-state index contributed by atoms with van der Waals surface area (Å²) >= 11 is 0. The van der Waals surface area contributed by atoms with Gasteiger partial charge in [-0.3, -0.25) is 0 Å². The minimum atomic E-state index is -0.321. The zero-order valence-electron chi connectivity index (χ0n) is 11.0. The summed E-state index contributed by atoms with van der Waals surface area (Å²) in [5.41, 5.74) is 1.95. The first-order valence-electron chi connectivity index (χ1n) is 6.61. The molecule has 102 valence electrons. The summed E-state index contributed by atoms with van der Waals surface area (Å²) in [5.74, 6) is 0.210. The van der Waals surface area contributed by atoms with E-state index in [1.54, 1.807) is 6.07 Å². The maximum atomic E-state index is 13.0. The Kier molecular flexibility index (Phi) is 3.58. The number of hydrogen-bond donors (Lipinski definition) is 1. The summed E-state index contributed by atoms with van der Waals surface area (Å²) in [5, 5.41) is 7.33. The fourth-order valence-corrected chi connectivity index (χ4v) is 2.07. The Labute approximate surface area is 116 Å². The molecule has 0 amide bonds. The Bertz CT molecular complexity index is 693. The lowest BCUT2D eigenvalue weighted by Crippen LogP contribution is -2.04. The molecule has 0 spiro atoms. The average molecular weight is 270 g/mol. The zero-order chi connectivity index (χ0) is 13.8. The van der Waals surface area contributed by atoms with Crippen LogP contribution >= 0.6 is 0 Å².